The first-order chi connectivity index (χ1) is 6.91. The van der Waals surface area contributed by atoms with E-state index in [2.05, 4.69) is 0 Å². The first kappa shape index (κ1) is 11.3. The molecule has 0 bridgehead atoms. The largest absolute Gasteiger partial charge is 0.491 e. The number of hydrogen-bond donors (Lipinski definition) is 1. The number of hydrogen-bond acceptors (Lipinski definition) is 3. The van der Waals surface area contributed by atoms with Crippen molar-refractivity contribution in [2.75, 3.05) is 7.11 Å². The molecule has 0 spiro atoms. The zero-order valence-corrected chi connectivity index (χ0v) is 8.85. The number of aromatic nitrogens is 1. The molecule has 0 amide bonds. The van der Waals surface area contributed by atoms with Crippen molar-refractivity contribution in [3.63, 3.8) is 0 Å². The summed E-state index contributed by atoms with van der Waals surface area (Å²) in [5, 5.41) is 8.98. The predicted molar refractivity (Wildman–Crippen MR) is 54.2 cm³/mol. The highest BCUT2D eigenvalue weighted by Crippen LogP contribution is 2.14. The first-order valence-corrected chi connectivity index (χ1v) is 4.40. The Bertz CT molecular complexity index is 433. The van der Waals surface area contributed by atoms with E-state index in [-0.39, 0.29) is 5.75 Å². The van der Waals surface area contributed by atoms with E-state index in [1.165, 1.54) is 33.2 Å². The van der Waals surface area contributed by atoms with Gasteiger partial charge in [0.2, 0.25) is 0 Å². The molecule has 5 heteroatoms. The van der Waals surface area contributed by atoms with Crippen molar-refractivity contribution < 1.29 is 14.6 Å². The predicted octanol–water partition coefficient (Wildman–Crippen LogP) is 0.677. The fourth-order valence-corrected chi connectivity index (χ4v) is 1.17. The molecule has 1 aromatic heterocycles. The Morgan fingerprint density at radius 3 is 2.60 bits per heavy atom. The molecule has 0 aliphatic heterocycles. The molecule has 0 unspecified atom stereocenters. The van der Waals surface area contributed by atoms with Crippen molar-refractivity contribution >= 4 is 5.97 Å². The third-order valence-electron chi connectivity index (χ3n) is 2.26. The van der Waals surface area contributed by atoms with Crippen LogP contribution < -0.4 is 10.3 Å². The van der Waals surface area contributed by atoms with Gasteiger partial charge in [0, 0.05) is 6.20 Å². The maximum absolute atomic E-state index is 11.7. The number of rotatable bonds is 3. The van der Waals surface area contributed by atoms with E-state index in [4.69, 9.17) is 9.84 Å². The maximum Gasteiger partial charge on any atom is 0.329 e. The smallest absolute Gasteiger partial charge is 0.329 e. The number of methoxy groups -OCH3 is 1. The van der Waals surface area contributed by atoms with Gasteiger partial charge in [0.1, 0.15) is 5.54 Å². The van der Waals surface area contributed by atoms with Crippen LogP contribution in [0.2, 0.25) is 0 Å². The van der Waals surface area contributed by atoms with E-state index in [1.54, 1.807) is 6.07 Å². The maximum atomic E-state index is 11.7. The molecule has 0 aliphatic rings. The average Bonchev–Trinajstić information content (AvgIpc) is 2.17. The van der Waals surface area contributed by atoms with Crippen molar-refractivity contribution in [1.82, 2.24) is 4.57 Å². The second-order valence-corrected chi connectivity index (χ2v) is 3.62. The number of carboxylic acid groups (broad SMARTS) is 1. The summed E-state index contributed by atoms with van der Waals surface area (Å²) in [6.07, 6.45) is 1.43. The molecular weight excluding hydrogens is 198 g/mol. The van der Waals surface area contributed by atoms with E-state index in [9.17, 15) is 9.59 Å². The Kier molecular flexibility index (Phi) is 2.83. The number of nitrogens with zero attached hydrogens (tertiary/aromatic N) is 1. The summed E-state index contributed by atoms with van der Waals surface area (Å²) in [7, 11) is 1.37. The van der Waals surface area contributed by atoms with Crippen molar-refractivity contribution in [2.24, 2.45) is 0 Å². The van der Waals surface area contributed by atoms with Gasteiger partial charge in [0.25, 0.3) is 5.56 Å². The summed E-state index contributed by atoms with van der Waals surface area (Å²) >= 11 is 0. The summed E-state index contributed by atoms with van der Waals surface area (Å²) in [6.45, 7) is 2.91. The van der Waals surface area contributed by atoms with Crippen LogP contribution in [0.15, 0.2) is 23.1 Å². The lowest BCUT2D eigenvalue weighted by Crippen LogP contribution is -2.42. The molecule has 1 aromatic rings. The third kappa shape index (κ3) is 1.86. The fraction of sp³-hybridized carbons (Fsp3) is 0.400. The Morgan fingerprint density at radius 2 is 2.13 bits per heavy atom. The van der Waals surface area contributed by atoms with Crippen LogP contribution in [0.3, 0.4) is 0 Å². The molecule has 0 radical (unpaired) electrons. The van der Waals surface area contributed by atoms with Gasteiger partial charge in [-0.05, 0) is 26.0 Å². The number of aliphatic carboxylic acids is 1. The summed E-state index contributed by atoms with van der Waals surface area (Å²) < 4.78 is 5.97. The molecule has 5 nitrogen and oxygen atoms in total. The molecule has 0 fully saturated rings. The lowest BCUT2D eigenvalue weighted by molar-refractivity contribution is -0.145. The SMILES string of the molecule is COc1cccn(C(C)(C)C(=O)O)c1=O. The molecule has 1 N–H and O–H groups in total. The van der Waals surface area contributed by atoms with Crippen LogP contribution in [-0.2, 0) is 10.3 Å². The molecule has 0 saturated heterocycles. The van der Waals surface area contributed by atoms with E-state index in [1.807, 2.05) is 0 Å². The molecule has 0 atom stereocenters. The minimum atomic E-state index is -1.29. The molecule has 0 aliphatic carbocycles. The average molecular weight is 211 g/mol. The highest BCUT2D eigenvalue weighted by atomic mass is 16.5. The summed E-state index contributed by atoms with van der Waals surface area (Å²) in [4.78, 5) is 22.7. The van der Waals surface area contributed by atoms with Gasteiger partial charge in [0.05, 0.1) is 7.11 Å². The zero-order valence-electron chi connectivity index (χ0n) is 8.85. The van der Waals surface area contributed by atoms with E-state index in [0.29, 0.717) is 0 Å². The first-order valence-electron chi connectivity index (χ1n) is 4.40. The summed E-state index contributed by atoms with van der Waals surface area (Å²) in [5.41, 5.74) is -1.74. The number of carboxylic acids is 1. The normalized spacial score (nSPS) is 11.1. The van der Waals surface area contributed by atoms with Crippen molar-refractivity contribution in [3.05, 3.63) is 28.7 Å². The zero-order chi connectivity index (χ0) is 11.6. The van der Waals surface area contributed by atoms with Gasteiger partial charge < -0.3 is 9.84 Å². The van der Waals surface area contributed by atoms with Crippen LogP contribution in [0.1, 0.15) is 13.8 Å². The summed E-state index contributed by atoms with van der Waals surface area (Å²) in [5.74, 6) is -0.940. The second-order valence-electron chi connectivity index (χ2n) is 3.62. The lowest BCUT2D eigenvalue weighted by Gasteiger charge is -2.22. The molecule has 15 heavy (non-hydrogen) atoms. The molecule has 82 valence electrons. The van der Waals surface area contributed by atoms with Crippen LogP contribution in [0.25, 0.3) is 0 Å². The van der Waals surface area contributed by atoms with Crippen molar-refractivity contribution in [1.29, 1.82) is 0 Å². The highest BCUT2D eigenvalue weighted by molar-refractivity contribution is 5.75. The van der Waals surface area contributed by atoms with E-state index in [0.717, 1.165) is 4.57 Å². The van der Waals surface area contributed by atoms with Gasteiger partial charge in [-0.3, -0.25) is 9.36 Å². The standard InChI is InChI=1S/C10H13NO4/c1-10(2,9(13)14)11-6-4-5-7(15-3)8(11)12/h4-6H,1-3H3,(H,13,14). The Hall–Kier alpha value is -1.78. The molecule has 1 heterocycles. The van der Waals surface area contributed by atoms with Crippen LogP contribution in [-0.4, -0.2) is 22.8 Å². The van der Waals surface area contributed by atoms with Crippen LogP contribution >= 0.6 is 0 Å². The third-order valence-corrected chi connectivity index (χ3v) is 2.26. The van der Waals surface area contributed by atoms with Gasteiger partial charge in [-0.25, -0.2) is 4.79 Å². The van der Waals surface area contributed by atoms with Crippen molar-refractivity contribution in [2.45, 2.75) is 19.4 Å². The monoisotopic (exact) mass is 211 g/mol. The quantitative estimate of drug-likeness (QED) is 0.798. The Balaban J connectivity index is 3.39. The van der Waals surface area contributed by atoms with Gasteiger partial charge >= 0.3 is 5.97 Å². The number of carbonyl (C=O) groups is 1. The summed E-state index contributed by atoms with van der Waals surface area (Å²) in [6, 6.07) is 3.07. The van der Waals surface area contributed by atoms with Crippen LogP contribution in [0.5, 0.6) is 5.75 Å². The highest BCUT2D eigenvalue weighted by Gasteiger charge is 2.30. The Morgan fingerprint density at radius 1 is 1.53 bits per heavy atom. The minimum Gasteiger partial charge on any atom is -0.491 e. The van der Waals surface area contributed by atoms with Gasteiger partial charge in [-0.2, -0.15) is 0 Å². The number of pyridine rings is 1. The number of ether oxygens (including phenoxy) is 1. The topological polar surface area (TPSA) is 68.5 Å². The van der Waals surface area contributed by atoms with Gasteiger partial charge in [0.15, 0.2) is 5.75 Å². The molecular formula is C10H13NO4. The van der Waals surface area contributed by atoms with E-state index >= 15 is 0 Å². The van der Waals surface area contributed by atoms with Crippen molar-refractivity contribution in [3.8, 4) is 5.75 Å². The minimum absolute atomic E-state index is 0.131. The van der Waals surface area contributed by atoms with Crippen LogP contribution in [0, 0.1) is 0 Å². The van der Waals surface area contributed by atoms with Crippen LogP contribution in [0.4, 0.5) is 0 Å². The lowest BCUT2D eigenvalue weighted by atomic mass is 10.1. The van der Waals surface area contributed by atoms with E-state index < -0.39 is 17.1 Å². The second kappa shape index (κ2) is 3.76. The Labute approximate surface area is 86.9 Å². The van der Waals surface area contributed by atoms with Gasteiger partial charge in [-0.15, -0.1) is 0 Å². The molecule has 0 aromatic carbocycles. The fourth-order valence-electron chi connectivity index (χ4n) is 1.17. The molecule has 1 rings (SSSR count). The van der Waals surface area contributed by atoms with Gasteiger partial charge in [-0.1, -0.05) is 0 Å². The molecule has 0 saturated carbocycles.